The Hall–Kier alpha value is -1.77. The lowest BCUT2D eigenvalue weighted by atomic mass is 10.4. The summed E-state index contributed by atoms with van der Waals surface area (Å²) in [5.74, 6) is 1.58. The van der Waals surface area contributed by atoms with Gasteiger partial charge in [0.15, 0.2) is 10.4 Å². The molecule has 0 saturated carbocycles. The van der Waals surface area contributed by atoms with Crippen LogP contribution in [0.2, 0.25) is 0 Å². The maximum atomic E-state index is 4.38. The molecule has 0 aliphatic carbocycles. The maximum Gasteiger partial charge on any atom is 0.230 e. The quantitative estimate of drug-likeness (QED) is 0.885. The number of halogens is 1. The molecule has 2 aromatic rings. The summed E-state index contributed by atoms with van der Waals surface area (Å²) in [6.45, 7) is 0. The topological polar surface area (TPSA) is 84.7 Å². The molecule has 0 unspecified atom stereocenters. The zero-order chi connectivity index (χ0) is 13.3. The third-order valence-electron chi connectivity index (χ3n) is 2.24. The number of nitrogens with zero attached hydrogens (tertiary/aromatic N) is 7. The van der Waals surface area contributed by atoms with E-state index in [9.17, 15) is 0 Å². The molecule has 0 radical (unpaired) electrons. The van der Waals surface area contributed by atoms with Gasteiger partial charge in [0.2, 0.25) is 11.9 Å². The van der Waals surface area contributed by atoms with E-state index < -0.39 is 0 Å². The second-order valence-electron chi connectivity index (χ2n) is 3.78. The van der Waals surface area contributed by atoms with Crippen molar-refractivity contribution in [1.82, 2.24) is 29.9 Å². The Kier molecular flexibility index (Phi) is 3.41. The van der Waals surface area contributed by atoms with E-state index in [1.807, 2.05) is 19.0 Å². The minimum Gasteiger partial charge on any atom is -0.357 e. The van der Waals surface area contributed by atoms with Crippen molar-refractivity contribution < 1.29 is 0 Å². The first-order valence-electron chi connectivity index (χ1n) is 5.19. The summed E-state index contributed by atoms with van der Waals surface area (Å²) in [4.78, 5) is 14.7. The van der Waals surface area contributed by atoms with Gasteiger partial charge < -0.3 is 10.2 Å². The highest BCUT2D eigenvalue weighted by atomic mass is 79.9. The van der Waals surface area contributed by atoms with Crippen molar-refractivity contribution in [2.45, 2.75) is 0 Å². The molecule has 0 aromatic carbocycles. The van der Waals surface area contributed by atoms with Crippen molar-refractivity contribution in [3.05, 3.63) is 4.60 Å². The average Bonchev–Trinajstić information content (AvgIpc) is 2.68. The Bertz CT molecular complexity index is 544. The van der Waals surface area contributed by atoms with Crippen LogP contribution in [0.1, 0.15) is 0 Å². The molecule has 2 heterocycles. The molecule has 0 aliphatic rings. The Morgan fingerprint density at radius 1 is 1.22 bits per heavy atom. The van der Waals surface area contributed by atoms with Crippen LogP contribution < -0.4 is 10.2 Å². The van der Waals surface area contributed by atoms with Crippen molar-refractivity contribution in [3.8, 4) is 11.5 Å². The third-order valence-corrected chi connectivity index (χ3v) is 2.78. The van der Waals surface area contributed by atoms with Crippen LogP contribution >= 0.6 is 15.9 Å². The van der Waals surface area contributed by atoms with Crippen LogP contribution in [-0.2, 0) is 7.05 Å². The fraction of sp³-hybridized carbons (Fsp3) is 0.444. The van der Waals surface area contributed by atoms with Gasteiger partial charge in [0.1, 0.15) is 5.69 Å². The fourth-order valence-corrected chi connectivity index (χ4v) is 1.86. The van der Waals surface area contributed by atoms with E-state index in [-0.39, 0.29) is 0 Å². The summed E-state index contributed by atoms with van der Waals surface area (Å²) in [5, 5.41) is 10.7. The smallest absolute Gasteiger partial charge is 0.230 e. The highest BCUT2D eigenvalue weighted by molar-refractivity contribution is 9.10. The minimum atomic E-state index is 0.497. The van der Waals surface area contributed by atoms with Crippen molar-refractivity contribution in [2.75, 3.05) is 31.4 Å². The van der Waals surface area contributed by atoms with Gasteiger partial charge in [0.25, 0.3) is 0 Å². The molecule has 0 amide bonds. The minimum absolute atomic E-state index is 0.497. The van der Waals surface area contributed by atoms with Crippen LogP contribution in [0.15, 0.2) is 4.60 Å². The van der Waals surface area contributed by atoms with Gasteiger partial charge in [-0.05, 0) is 15.9 Å². The summed E-state index contributed by atoms with van der Waals surface area (Å²) in [6.07, 6.45) is 0. The number of aryl methyl sites for hydroxylation is 1. The lowest BCUT2D eigenvalue weighted by Crippen LogP contribution is -2.15. The molecule has 96 valence electrons. The predicted molar refractivity (Wildman–Crippen MR) is 71.4 cm³/mol. The fourth-order valence-electron chi connectivity index (χ4n) is 1.35. The molecular weight excluding hydrogens is 300 g/mol. The van der Waals surface area contributed by atoms with Crippen molar-refractivity contribution >= 4 is 27.8 Å². The van der Waals surface area contributed by atoms with E-state index in [1.165, 1.54) is 0 Å². The highest BCUT2D eigenvalue weighted by Gasteiger charge is 2.16. The monoisotopic (exact) mass is 312 g/mol. The Labute approximate surface area is 113 Å². The van der Waals surface area contributed by atoms with Crippen molar-refractivity contribution in [3.63, 3.8) is 0 Å². The van der Waals surface area contributed by atoms with Gasteiger partial charge in [-0.25, -0.2) is 4.68 Å². The van der Waals surface area contributed by atoms with Crippen molar-refractivity contribution in [1.29, 1.82) is 0 Å². The van der Waals surface area contributed by atoms with E-state index in [0.717, 1.165) is 0 Å². The van der Waals surface area contributed by atoms with Gasteiger partial charge in [-0.3, -0.25) is 0 Å². The molecule has 0 saturated heterocycles. The first-order chi connectivity index (χ1) is 8.52. The van der Waals surface area contributed by atoms with Crippen molar-refractivity contribution in [2.24, 2.45) is 7.05 Å². The van der Waals surface area contributed by atoms with Crippen LogP contribution in [0.25, 0.3) is 11.5 Å². The van der Waals surface area contributed by atoms with Gasteiger partial charge in [0.05, 0.1) is 0 Å². The Morgan fingerprint density at radius 3 is 2.44 bits per heavy atom. The standard InChI is InChI=1S/C9H13BrN8/c1-11-8-12-7(13-9(14-8)17(2)3)5-6(10)15-16-18(5)4/h1-4H3,(H,11,12,13,14). The SMILES string of the molecule is CNc1nc(-c2c(Br)nnn2C)nc(N(C)C)n1. The number of hydrogen-bond donors (Lipinski definition) is 1. The summed E-state index contributed by atoms with van der Waals surface area (Å²) in [6, 6.07) is 0. The summed E-state index contributed by atoms with van der Waals surface area (Å²) in [5.41, 5.74) is 0.706. The van der Waals surface area contributed by atoms with Gasteiger partial charge >= 0.3 is 0 Å². The maximum absolute atomic E-state index is 4.38. The predicted octanol–water partition coefficient (Wildman–Crippen LogP) is 0.537. The molecule has 1 N–H and O–H groups in total. The van der Waals surface area contributed by atoms with Gasteiger partial charge in [0, 0.05) is 28.2 Å². The van der Waals surface area contributed by atoms with Crippen LogP contribution in [0.3, 0.4) is 0 Å². The number of nitrogens with one attached hydrogen (secondary N) is 1. The van der Waals surface area contributed by atoms with Crippen LogP contribution in [0.5, 0.6) is 0 Å². The van der Waals surface area contributed by atoms with E-state index in [1.54, 1.807) is 18.8 Å². The Balaban J connectivity index is 2.60. The van der Waals surface area contributed by atoms with Gasteiger partial charge in [-0.2, -0.15) is 15.0 Å². The first-order valence-corrected chi connectivity index (χ1v) is 5.99. The second-order valence-corrected chi connectivity index (χ2v) is 4.53. The lowest BCUT2D eigenvalue weighted by molar-refractivity contribution is 0.716. The molecule has 18 heavy (non-hydrogen) atoms. The lowest BCUT2D eigenvalue weighted by Gasteiger charge is -2.12. The zero-order valence-corrected chi connectivity index (χ0v) is 12.1. The summed E-state index contributed by atoms with van der Waals surface area (Å²) in [7, 11) is 7.28. The molecule has 8 nitrogen and oxygen atoms in total. The first kappa shape index (κ1) is 12.7. The molecular formula is C9H13BrN8. The number of aromatic nitrogens is 6. The van der Waals surface area contributed by atoms with E-state index in [2.05, 4.69) is 46.5 Å². The van der Waals surface area contributed by atoms with Crippen LogP contribution in [0.4, 0.5) is 11.9 Å². The molecule has 0 spiro atoms. The van der Waals surface area contributed by atoms with E-state index in [4.69, 9.17) is 0 Å². The Morgan fingerprint density at radius 2 is 1.94 bits per heavy atom. The molecule has 0 fully saturated rings. The molecule has 2 aromatic heterocycles. The average molecular weight is 313 g/mol. The second kappa shape index (κ2) is 4.84. The van der Waals surface area contributed by atoms with Gasteiger partial charge in [-0.1, -0.05) is 5.21 Å². The largest absolute Gasteiger partial charge is 0.357 e. The molecule has 0 atom stereocenters. The molecule has 9 heteroatoms. The van der Waals surface area contributed by atoms with Gasteiger partial charge in [-0.15, -0.1) is 5.10 Å². The van der Waals surface area contributed by atoms with Crippen LogP contribution in [-0.4, -0.2) is 51.1 Å². The number of anilines is 2. The van der Waals surface area contributed by atoms with E-state index >= 15 is 0 Å². The summed E-state index contributed by atoms with van der Waals surface area (Å²) < 4.78 is 2.21. The molecule has 2 rings (SSSR count). The third kappa shape index (κ3) is 2.26. The molecule has 0 aliphatic heterocycles. The highest BCUT2D eigenvalue weighted by Crippen LogP contribution is 2.24. The van der Waals surface area contributed by atoms with E-state index in [0.29, 0.717) is 28.0 Å². The zero-order valence-electron chi connectivity index (χ0n) is 10.5. The number of hydrogen-bond acceptors (Lipinski definition) is 7. The van der Waals surface area contributed by atoms with Crippen LogP contribution in [0, 0.1) is 0 Å². The number of rotatable bonds is 3. The normalized spacial score (nSPS) is 10.5. The molecule has 0 bridgehead atoms. The summed E-state index contributed by atoms with van der Waals surface area (Å²) >= 11 is 3.33.